The Morgan fingerprint density at radius 3 is 2.17 bits per heavy atom. The third kappa shape index (κ3) is 8.69. The number of nitrogens with two attached hydrogens (primary N) is 1. The van der Waals surface area contributed by atoms with Crippen LogP contribution in [0.4, 0.5) is 0 Å². The normalized spacial score (nSPS) is 11.6. The Morgan fingerprint density at radius 2 is 1.83 bits per heavy atom. The minimum absolute atomic E-state index is 0.385. The number of aliphatic carboxylic acids is 1. The summed E-state index contributed by atoms with van der Waals surface area (Å²) in [5.41, 5.74) is 6.30. The van der Waals surface area contributed by atoms with Crippen molar-refractivity contribution in [3.8, 4) is 0 Å². The second-order valence-electron chi connectivity index (χ2n) is 3.90. The van der Waals surface area contributed by atoms with Crippen LogP contribution in [0.25, 0.3) is 0 Å². The number of carboxylic acids is 1. The molecule has 1 unspecified atom stereocenters. The molecule has 102 valence electrons. The molecule has 1 rings (SSSR count). The van der Waals surface area contributed by atoms with Gasteiger partial charge < -0.3 is 21.1 Å². The van der Waals surface area contributed by atoms with E-state index in [-0.39, 0.29) is 0 Å². The number of benzene rings is 1. The molecule has 5 N–H and O–H groups in total. The first kappa shape index (κ1) is 16.6. The Balaban J connectivity index is 0.000000411. The van der Waals surface area contributed by atoms with Crippen LogP contribution in [0.2, 0.25) is 0 Å². The van der Waals surface area contributed by atoms with Crippen LogP contribution in [-0.2, 0) is 11.2 Å². The van der Waals surface area contributed by atoms with E-state index in [0.29, 0.717) is 12.8 Å². The summed E-state index contributed by atoms with van der Waals surface area (Å²) in [6.07, 6.45) is 0.600. The zero-order valence-electron chi connectivity index (χ0n) is 10.5. The van der Waals surface area contributed by atoms with E-state index in [1.165, 1.54) is 0 Å². The highest BCUT2D eigenvalue weighted by Crippen LogP contribution is 2.01. The van der Waals surface area contributed by atoms with Crippen LogP contribution in [0, 0.1) is 0 Å². The number of carboxylic acid groups (broad SMARTS) is 1. The number of aliphatic hydroxyl groups is 2. The molecule has 1 atom stereocenters. The summed E-state index contributed by atoms with van der Waals surface area (Å²) in [7, 11) is 0. The summed E-state index contributed by atoms with van der Waals surface area (Å²) in [6, 6.07) is 8.54. The molecule has 0 saturated carbocycles. The molecule has 0 heterocycles. The first-order valence-electron chi connectivity index (χ1n) is 5.85. The number of hydrogen-bond acceptors (Lipinski definition) is 4. The van der Waals surface area contributed by atoms with Crippen LogP contribution in [0.1, 0.15) is 25.3 Å². The van der Waals surface area contributed by atoms with Gasteiger partial charge in [0.2, 0.25) is 0 Å². The van der Waals surface area contributed by atoms with Gasteiger partial charge in [-0.1, -0.05) is 43.7 Å². The molecule has 0 spiro atoms. The molecule has 5 heteroatoms. The van der Waals surface area contributed by atoms with Gasteiger partial charge in [0.05, 0.1) is 0 Å². The van der Waals surface area contributed by atoms with Gasteiger partial charge in [-0.15, -0.1) is 0 Å². The van der Waals surface area contributed by atoms with E-state index in [1.54, 1.807) is 0 Å². The highest BCUT2D eigenvalue weighted by atomic mass is 16.5. The number of aliphatic hydroxyl groups excluding tert-OH is 1. The van der Waals surface area contributed by atoms with E-state index in [9.17, 15) is 4.79 Å². The molecular weight excluding hydrogens is 234 g/mol. The van der Waals surface area contributed by atoms with Gasteiger partial charge in [0, 0.05) is 0 Å². The monoisotopic (exact) mass is 255 g/mol. The summed E-state index contributed by atoms with van der Waals surface area (Å²) in [5.74, 6) is -0.959. The summed E-state index contributed by atoms with van der Waals surface area (Å²) in [6.45, 7) is 1.90. The maximum atomic E-state index is 10.4. The van der Waals surface area contributed by atoms with Crippen LogP contribution in [0.15, 0.2) is 30.3 Å². The van der Waals surface area contributed by atoms with Crippen molar-refractivity contribution >= 4 is 5.97 Å². The van der Waals surface area contributed by atoms with Gasteiger partial charge in [-0.2, -0.15) is 0 Å². The molecule has 1 aromatic rings. The van der Waals surface area contributed by atoms with E-state index in [2.05, 4.69) is 0 Å². The highest BCUT2D eigenvalue weighted by Gasteiger charge is 2.10. The summed E-state index contributed by atoms with van der Waals surface area (Å²) in [4.78, 5) is 10.4. The van der Waals surface area contributed by atoms with Crippen molar-refractivity contribution in [2.75, 3.05) is 0 Å². The van der Waals surface area contributed by atoms with Gasteiger partial charge in [-0.25, -0.2) is 0 Å². The molecular formula is C13H21NO4. The molecule has 0 bridgehead atoms. The lowest BCUT2D eigenvalue weighted by molar-refractivity contribution is -0.138. The van der Waals surface area contributed by atoms with Crippen LogP contribution in [-0.4, -0.2) is 33.6 Å². The van der Waals surface area contributed by atoms with Crippen molar-refractivity contribution in [2.24, 2.45) is 5.73 Å². The molecule has 0 aliphatic carbocycles. The molecule has 0 saturated heterocycles. The molecule has 0 aliphatic rings. The largest absolute Gasteiger partial charge is 0.480 e. The van der Waals surface area contributed by atoms with E-state index in [4.69, 9.17) is 21.1 Å². The minimum Gasteiger partial charge on any atom is -0.480 e. The Morgan fingerprint density at radius 1 is 1.28 bits per heavy atom. The van der Waals surface area contributed by atoms with Crippen LogP contribution < -0.4 is 5.73 Å². The van der Waals surface area contributed by atoms with E-state index in [1.807, 2.05) is 37.3 Å². The van der Waals surface area contributed by atoms with Crippen molar-refractivity contribution in [1.29, 1.82) is 0 Å². The molecule has 1 aromatic carbocycles. The predicted molar refractivity (Wildman–Crippen MR) is 68.9 cm³/mol. The summed E-state index contributed by atoms with van der Waals surface area (Å²) in [5, 5.41) is 24.7. The lowest BCUT2D eigenvalue weighted by Gasteiger charge is -2.04. The molecule has 0 aromatic heterocycles. The highest BCUT2D eigenvalue weighted by molar-refractivity contribution is 5.73. The van der Waals surface area contributed by atoms with Gasteiger partial charge in [-0.05, 0) is 18.4 Å². The third-order valence-corrected chi connectivity index (χ3v) is 2.16. The zero-order valence-corrected chi connectivity index (χ0v) is 10.5. The second kappa shape index (κ2) is 9.58. The first-order chi connectivity index (χ1) is 8.47. The van der Waals surface area contributed by atoms with Crippen molar-refractivity contribution in [1.82, 2.24) is 0 Å². The molecule has 0 amide bonds. The van der Waals surface area contributed by atoms with Crippen LogP contribution in [0.3, 0.4) is 0 Å². The number of rotatable bonds is 5. The SMILES string of the molecule is CCCC(O)O.NC(Cc1ccccc1)C(=O)O. The van der Waals surface area contributed by atoms with Crippen LogP contribution >= 0.6 is 0 Å². The van der Waals surface area contributed by atoms with E-state index < -0.39 is 18.3 Å². The predicted octanol–water partition coefficient (Wildman–Crippen LogP) is 0.738. The Hall–Kier alpha value is -1.43. The van der Waals surface area contributed by atoms with E-state index >= 15 is 0 Å². The van der Waals surface area contributed by atoms with Crippen molar-refractivity contribution in [2.45, 2.75) is 38.5 Å². The fourth-order valence-corrected chi connectivity index (χ4v) is 1.21. The standard InChI is InChI=1S/C9H11NO2.C4H10O2/c10-8(9(11)12)6-7-4-2-1-3-5-7;1-2-3-4(5)6/h1-5,8H,6,10H2,(H,11,12);4-6H,2-3H2,1H3. The Bertz CT molecular complexity index is 327. The van der Waals surface area contributed by atoms with Gasteiger partial charge in [-0.3, -0.25) is 4.79 Å². The second-order valence-corrected chi connectivity index (χ2v) is 3.90. The molecule has 0 radical (unpaired) electrons. The van der Waals surface area contributed by atoms with Crippen molar-refractivity contribution < 1.29 is 20.1 Å². The molecule has 18 heavy (non-hydrogen) atoms. The van der Waals surface area contributed by atoms with Crippen LogP contribution in [0.5, 0.6) is 0 Å². The van der Waals surface area contributed by atoms with Gasteiger partial charge in [0.1, 0.15) is 6.04 Å². The summed E-state index contributed by atoms with van der Waals surface area (Å²) >= 11 is 0. The van der Waals surface area contributed by atoms with Gasteiger partial charge in [0.15, 0.2) is 6.29 Å². The van der Waals surface area contributed by atoms with Gasteiger partial charge >= 0.3 is 5.97 Å². The fraction of sp³-hybridized carbons (Fsp3) is 0.462. The third-order valence-electron chi connectivity index (χ3n) is 2.16. The quantitative estimate of drug-likeness (QED) is 0.581. The summed E-state index contributed by atoms with van der Waals surface area (Å²) < 4.78 is 0. The Kier molecular flexibility index (Phi) is 8.82. The maximum Gasteiger partial charge on any atom is 0.320 e. The first-order valence-corrected chi connectivity index (χ1v) is 5.85. The molecule has 0 aliphatic heterocycles. The molecule has 5 nitrogen and oxygen atoms in total. The average molecular weight is 255 g/mol. The van der Waals surface area contributed by atoms with Crippen molar-refractivity contribution in [3.63, 3.8) is 0 Å². The zero-order chi connectivity index (χ0) is 14.0. The molecule has 0 fully saturated rings. The fourth-order valence-electron chi connectivity index (χ4n) is 1.21. The smallest absolute Gasteiger partial charge is 0.320 e. The van der Waals surface area contributed by atoms with E-state index in [0.717, 1.165) is 12.0 Å². The lowest BCUT2D eigenvalue weighted by atomic mass is 10.1. The Labute approximate surface area is 107 Å². The maximum absolute atomic E-state index is 10.4. The number of carbonyl (C=O) groups is 1. The number of hydrogen-bond donors (Lipinski definition) is 4. The topological polar surface area (TPSA) is 104 Å². The minimum atomic E-state index is -1.10. The van der Waals surface area contributed by atoms with Gasteiger partial charge in [0.25, 0.3) is 0 Å². The van der Waals surface area contributed by atoms with Crippen molar-refractivity contribution in [3.05, 3.63) is 35.9 Å². The average Bonchev–Trinajstić information content (AvgIpc) is 2.30. The lowest BCUT2D eigenvalue weighted by Crippen LogP contribution is -2.32.